The van der Waals surface area contributed by atoms with Gasteiger partial charge in [-0.1, -0.05) is 78.9 Å². The van der Waals surface area contributed by atoms with Gasteiger partial charge < -0.3 is 4.74 Å². The smallest absolute Gasteiger partial charge is 0.308 e. The predicted octanol–water partition coefficient (Wildman–Crippen LogP) is 7.33. The summed E-state index contributed by atoms with van der Waals surface area (Å²) in [4.78, 5) is 15.4. The van der Waals surface area contributed by atoms with Crippen molar-refractivity contribution in [3.8, 4) is 0 Å². The second-order valence-electron chi connectivity index (χ2n) is 8.91. The molecule has 3 rings (SSSR count). The van der Waals surface area contributed by atoms with E-state index in [1.807, 2.05) is 81.4 Å². The van der Waals surface area contributed by atoms with E-state index in [0.29, 0.717) is 6.54 Å². The molecule has 0 unspecified atom stereocenters. The van der Waals surface area contributed by atoms with Crippen molar-refractivity contribution in [1.82, 2.24) is 4.90 Å². The molecule has 0 saturated heterocycles. The summed E-state index contributed by atoms with van der Waals surface area (Å²) >= 11 is 2.30. The molecule has 0 aliphatic carbocycles. The van der Waals surface area contributed by atoms with Crippen molar-refractivity contribution < 1.29 is 10.9 Å². The second-order valence-corrected chi connectivity index (χ2v) is 10.1. The molecule has 0 radical (unpaired) electrons. The third-order valence-electron chi connectivity index (χ3n) is 5.27. The third-order valence-corrected chi connectivity index (χ3v) is 6.25. The summed E-state index contributed by atoms with van der Waals surface area (Å²) < 4.78 is 15.8. The summed E-state index contributed by atoms with van der Waals surface area (Å²) in [5.41, 5.74) is 2.58. The molecule has 0 bridgehead atoms. The van der Waals surface area contributed by atoms with E-state index in [1.54, 1.807) is 0 Å². The molecule has 0 aromatic heterocycles. The zero-order valence-corrected chi connectivity index (χ0v) is 21.3. The number of hydrogen-bond donors (Lipinski definition) is 0. The highest BCUT2D eigenvalue weighted by Crippen LogP contribution is 2.37. The largest absolute Gasteiger partial charge is 0.460 e. The Balaban J connectivity index is 2.11. The summed E-state index contributed by atoms with van der Waals surface area (Å²) in [5, 5.41) is 0. The first-order chi connectivity index (χ1) is 15.7. The standard InChI is InChI=1S/C28H32INO2/c1-21(23-15-9-6-10-16-23)30(20-22-13-7-5-8-14-22)26(19-27(31)32-28(2,3)4)24-17-11-12-18-25(24)29/h5-18,21,26H,19-20H2,1-4H3/t21-,26+/m0/s1/i19D/t19-,21-,26+. The zero-order valence-electron chi connectivity index (χ0n) is 20.2. The maximum Gasteiger partial charge on any atom is 0.308 e. The van der Waals surface area contributed by atoms with Crippen molar-refractivity contribution in [2.75, 3.05) is 0 Å². The lowest BCUT2D eigenvalue weighted by atomic mass is 9.96. The van der Waals surface area contributed by atoms with Gasteiger partial charge >= 0.3 is 5.97 Å². The molecular formula is C28H32INO2. The fraction of sp³-hybridized carbons (Fsp3) is 0.321. The van der Waals surface area contributed by atoms with Crippen molar-refractivity contribution >= 4 is 28.6 Å². The predicted molar refractivity (Wildman–Crippen MR) is 139 cm³/mol. The second kappa shape index (κ2) is 11.1. The molecule has 0 aliphatic rings. The van der Waals surface area contributed by atoms with Gasteiger partial charge in [0.05, 0.1) is 6.40 Å². The lowest BCUT2D eigenvalue weighted by molar-refractivity contribution is -0.156. The van der Waals surface area contributed by atoms with Gasteiger partial charge in [-0.25, -0.2) is 0 Å². The highest BCUT2D eigenvalue weighted by molar-refractivity contribution is 14.1. The van der Waals surface area contributed by atoms with Crippen molar-refractivity contribution in [3.63, 3.8) is 0 Å². The van der Waals surface area contributed by atoms with Crippen molar-refractivity contribution in [2.45, 2.75) is 58.3 Å². The van der Waals surface area contributed by atoms with Crippen LogP contribution in [0.5, 0.6) is 0 Å². The molecule has 0 spiro atoms. The molecule has 0 aliphatic heterocycles. The zero-order chi connectivity index (χ0) is 24.0. The Kier molecular flexibility index (Phi) is 7.98. The Morgan fingerprint density at radius 1 is 0.969 bits per heavy atom. The van der Waals surface area contributed by atoms with Gasteiger partial charge in [-0.2, -0.15) is 0 Å². The molecule has 3 atom stereocenters. The normalized spacial score (nSPS) is 15.0. The van der Waals surface area contributed by atoms with E-state index in [1.165, 1.54) is 0 Å². The van der Waals surface area contributed by atoms with Crippen LogP contribution in [0.4, 0.5) is 0 Å². The molecule has 3 nitrogen and oxygen atoms in total. The number of halogens is 1. The Morgan fingerprint density at radius 3 is 2.12 bits per heavy atom. The molecule has 0 heterocycles. The maximum absolute atomic E-state index is 13.2. The Bertz CT molecular complexity index is 1040. The van der Waals surface area contributed by atoms with Gasteiger partial charge in [-0.15, -0.1) is 0 Å². The molecule has 3 aromatic rings. The Labute approximate surface area is 207 Å². The van der Waals surface area contributed by atoms with Crippen molar-refractivity contribution in [2.24, 2.45) is 0 Å². The van der Waals surface area contributed by atoms with Crippen LogP contribution in [-0.4, -0.2) is 16.5 Å². The maximum atomic E-state index is 13.2. The first kappa shape index (κ1) is 23.0. The average molecular weight is 542 g/mol. The lowest BCUT2D eigenvalue weighted by Crippen LogP contribution is -2.35. The van der Waals surface area contributed by atoms with Crippen molar-refractivity contribution in [3.05, 3.63) is 105 Å². The van der Waals surface area contributed by atoms with E-state index >= 15 is 0 Å². The fourth-order valence-corrected chi connectivity index (χ4v) is 4.44. The minimum atomic E-state index is -1.10. The molecule has 32 heavy (non-hydrogen) atoms. The van der Waals surface area contributed by atoms with Crippen LogP contribution in [0.25, 0.3) is 0 Å². The van der Waals surface area contributed by atoms with Crippen LogP contribution >= 0.6 is 22.6 Å². The van der Waals surface area contributed by atoms with Gasteiger partial charge in [0.1, 0.15) is 5.60 Å². The molecule has 4 heteroatoms. The summed E-state index contributed by atoms with van der Waals surface area (Å²) in [5.74, 6) is -0.509. The van der Waals surface area contributed by atoms with Crippen LogP contribution < -0.4 is 0 Å². The molecule has 0 saturated carbocycles. The highest BCUT2D eigenvalue weighted by atomic mass is 127. The van der Waals surface area contributed by atoms with Gasteiger partial charge in [-0.05, 0) is 73.0 Å². The van der Waals surface area contributed by atoms with E-state index < -0.39 is 24.0 Å². The van der Waals surface area contributed by atoms with E-state index in [2.05, 4.69) is 58.7 Å². The fourth-order valence-electron chi connectivity index (χ4n) is 3.74. The van der Waals surface area contributed by atoms with E-state index in [9.17, 15) is 4.79 Å². The number of esters is 1. The first-order valence-electron chi connectivity index (χ1n) is 11.5. The lowest BCUT2D eigenvalue weighted by Gasteiger charge is -2.37. The third kappa shape index (κ3) is 6.91. The minimum absolute atomic E-state index is 0.0253. The number of nitrogens with zero attached hydrogens (tertiary/aromatic N) is 1. The van der Waals surface area contributed by atoms with Crippen LogP contribution in [-0.2, 0) is 16.1 Å². The number of benzene rings is 3. The van der Waals surface area contributed by atoms with E-state index in [4.69, 9.17) is 6.11 Å². The van der Waals surface area contributed by atoms with E-state index in [0.717, 1.165) is 20.3 Å². The van der Waals surface area contributed by atoms with E-state index in [-0.39, 0.29) is 6.04 Å². The number of hydrogen-bond acceptors (Lipinski definition) is 3. The summed E-state index contributed by atoms with van der Waals surface area (Å²) in [6, 6.07) is 28.0. The van der Waals surface area contributed by atoms with Gasteiger partial charge in [0.25, 0.3) is 0 Å². The number of ether oxygens (including phenoxy) is 1. The first-order valence-corrected chi connectivity index (χ1v) is 12.0. The summed E-state index contributed by atoms with van der Waals surface area (Å²) in [6.07, 6.45) is -1.10. The Hall–Kier alpha value is -2.18. The monoisotopic (exact) mass is 542 g/mol. The van der Waals surface area contributed by atoms with Crippen LogP contribution in [0, 0.1) is 3.57 Å². The van der Waals surface area contributed by atoms with Gasteiger partial charge in [-0.3, -0.25) is 9.69 Å². The number of carbonyl (C=O) groups excluding carboxylic acids is 1. The Morgan fingerprint density at radius 2 is 1.53 bits per heavy atom. The quantitative estimate of drug-likeness (QED) is 0.221. The van der Waals surface area contributed by atoms with Crippen LogP contribution in [0.15, 0.2) is 84.9 Å². The van der Waals surface area contributed by atoms with Crippen molar-refractivity contribution in [1.29, 1.82) is 0 Å². The average Bonchev–Trinajstić information content (AvgIpc) is 2.79. The van der Waals surface area contributed by atoms with Gasteiger partial charge in [0.2, 0.25) is 0 Å². The number of rotatable bonds is 8. The molecule has 0 fully saturated rings. The number of carbonyl (C=O) groups is 1. The molecular weight excluding hydrogens is 509 g/mol. The SMILES string of the molecule is [2H][C@H](C(=O)OC(C)(C)C)[C@H](c1ccccc1I)N(Cc1ccccc1)[C@@H](C)c1ccccc1. The highest BCUT2D eigenvalue weighted by Gasteiger charge is 2.31. The topological polar surface area (TPSA) is 29.5 Å². The molecule has 168 valence electrons. The molecule has 0 N–H and O–H groups in total. The van der Waals surface area contributed by atoms with Crippen LogP contribution in [0.1, 0.15) is 64.2 Å². The summed E-state index contributed by atoms with van der Waals surface area (Å²) in [7, 11) is 0. The van der Waals surface area contributed by atoms with Crippen LogP contribution in [0.3, 0.4) is 0 Å². The molecule has 3 aromatic carbocycles. The summed E-state index contributed by atoms with van der Waals surface area (Å²) in [6.45, 7) is 8.27. The van der Waals surface area contributed by atoms with Crippen LogP contribution in [0.2, 0.25) is 0 Å². The van der Waals surface area contributed by atoms with Gasteiger partial charge in [0.15, 0.2) is 0 Å². The minimum Gasteiger partial charge on any atom is -0.460 e. The van der Waals surface area contributed by atoms with Gasteiger partial charge in [0, 0.05) is 23.6 Å². The molecule has 0 amide bonds.